The number of carbonyl (C=O) groups is 1. The van der Waals surface area contributed by atoms with E-state index >= 15 is 0 Å². The topological polar surface area (TPSA) is 92.3 Å². The maximum Gasteiger partial charge on any atom is 0.226 e. The summed E-state index contributed by atoms with van der Waals surface area (Å²) in [6.45, 7) is 3.78. The van der Waals surface area contributed by atoms with Crippen LogP contribution in [0, 0.1) is 12.8 Å². The Morgan fingerprint density at radius 1 is 1.15 bits per heavy atom. The zero-order valence-electron chi connectivity index (χ0n) is 18.7. The van der Waals surface area contributed by atoms with E-state index in [2.05, 4.69) is 20.2 Å². The predicted molar refractivity (Wildman–Crippen MR) is 130 cm³/mol. The van der Waals surface area contributed by atoms with Crippen LogP contribution in [0.25, 0.3) is 10.9 Å². The Labute approximate surface area is 199 Å². The highest BCUT2D eigenvalue weighted by Crippen LogP contribution is 2.26. The van der Waals surface area contributed by atoms with Gasteiger partial charge in [0.25, 0.3) is 0 Å². The number of anilines is 1. The molecule has 4 rings (SSSR count). The number of hydrogen-bond donors (Lipinski definition) is 1. The van der Waals surface area contributed by atoms with Crippen molar-refractivity contribution >= 4 is 44.2 Å². The van der Waals surface area contributed by atoms with Crippen LogP contribution < -0.4 is 10.2 Å². The van der Waals surface area contributed by atoms with E-state index in [0.717, 1.165) is 21.7 Å². The fourth-order valence-electron chi connectivity index (χ4n) is 4.13. The molecule has 1 aliphatic rings. The second-order valence-electron chi connectivity index (χ2n) is 8.45. The minimum atomic E-state index is -3.32. The van der Waals surface area contributed by atoms with Crippen LogP contribution in [-0.4, -0.2) is 50.2 Å². The molecule has 0 bridgehead atoms. The largest absolute Gasteiger partial charge is 0.356 e. The van der Waals surface area contributed by atoms with Crippen molar-refractivity contribution in [3.8, 4) is 0 Å². The Morgan fingerprint density at radius 3 is 2.58 bits per heavy atom. The molecule has 0 radical (unpaired) electrons. The first-order valence-corrected chi connectivity index (χ1v) is 13.2. The average Bonchev–Trinajstić information content (AvgIpc) is 2.79. The summed E-state index contributed by atoms with van der Waals surface area (Å²) in [6, 6.07) is 12.6. The molecule has 33 heavy (non-hydrogen) atoms. The first kappa shape index (κ1) is 23.4. The van der Waals surface area contributed by atoms with Gasteiger partial charge in [-0.15, -0.1) is 0 Å². The number of benzene rings is 2. The third kappa shape index (κ3) is 5.45. The summed E-state index contributed by atoms with van der Waals surface area (Å²) >= 11 is 6.18. The molecule has 174 valence electrons. The van der Waals surface area contributed by atoms with Crippen molar-refractivity contribution in [3.05, 3.63) is 58.7 Å². The lowest BCUT2D eigenvalue weighted by molar-refractivity contribution is -0.125. The average molecular weight is 487 g/mol. The monoisotopic (exact) mass is 486 g/mol. The van der Waals surface area contributed by atoms with Gasteiger partial charge in [0.1, 0.15) is 0 Å². The Bertz CT molecular complexity index is 1290. The lowest BCUT2D eigenvalue weighted by atomic mass is 9.96. The van der Waals surface area contributed by atoms with Gasteiger partial charge in [-0.2, -0.15) is 0 Å². The van der Waals surface area contributed by atoms with Crippen LogP contribution in [0.2, 0.25) is 5.02 Å². The molecular formula is C24H27ClN4O3S. The smallest absolute Gasteiger partial charge is 0.226 e. The number of aromatic nitrogens is 2. The number of hydrogen-bond acceptors (Lipinski definition) is 6. The minimum Gasteiger partial charge on any atom is -0.356 e. The Kier molecular flexibility index (Phi) is 6.86. The molecule has 1 fully saturated rings. The number of nitrogens with zero attached hydrogens (tertiary/aromatic N) is 3. The molecule has 0 atom stereocenters. The lowest BCUT2D eigenvalue weighted by Crippen LogP contribution is -2.41. The minimum absolute atomic E-state index is 0.0501. The summed E-state index contributed by atoms with van der Waals surface area (Å²) in [7, 11) is -3.32. The number of sulfone groups is 1. The molecule has 7 nitrogen and oxygen atoms in total. The van der Waals surface area contributed by atoms with Crippen LogP contribution >= 0.6 is 11.6 Å². The standard InChI is InChI=1S/C24H27ClN4O3S/c1-16-20-8-7-19(33(2,31)32)15-22(20)28-24(27-16)29-13-10-18(11-14-29)23(30)26-12-9-17-5-3-4-6-21(17)25/h3-8,15,18H,9-14H2,1-2H3,(H,26,30). The van der Waals surface area contributed by atoms with E-state index in [1.165, 1.54) is 6.26 Å². The zero-order chi connectivity index (χ0) is 23.6. The van der Waals surface area contributed by atoms with Crippen LogP contribution in [0.15, 0.2) is 47.4 Å². The second kappa shape index (κ2) is 9.65. The van der Waals surface area contributed by atoms with Gasteiger partial charge in [-0.05, 0) is 56.0 Å². The van der Waals surface area contributed by atoms with Crippen molar-refractivity contribution in [2.75, 3.05) is 30.8 Å². The van der Waals surface area contributed by atoms with Crippen LogP contribution in [0.1, 0.15) is 24.1 Å². The molecule has 0 saturated carbocycles. The van der Waals surface area contributed by atoms with Crippen molar-refractivity contribution in [2.45, 2.75) is 31.1 Å². The van der Waals surface area contributed by atoms with Crippen LogP contribution in [-0.2, 0) is 21.1 Å². The second-order valence-corrected chi connectivity index (χ2v) is 10.9. The molecule has 1 amide bonds. The number of halogens is 1. The molecule has 2 aromatic carbocycles. The Hall–Kier alpha value is -2.71. The van der Waals surface area contributed by atoms with Gasteiger partial charge in [0.05, 0.1) is 16.1 Å². The van der Waals surface area contributed by atoms with Crippen molar-refractivity contribution in [1.82, 2.24) is 15.3 Å². The van der Waals surface area contributed by atoms with Crippen molar-refractivity contribution < 1.29 is 13.2 Å². The van der Waals surface area contributed by atoms with Crippen LogP contribution in [0.4, 0.5) is 5.95 Å². The lowest BCUT2D eigenvalue weighted by Gasteiger charge is -2.31. The molecule has 2 heterocycles. The van der Waals surface area contributed by atoms with E-state index < -0.39 is 9.84 Å². The molecule has 0 unspecified atom stereocenters. The van der Waals surface area contributed by atoms with Gasteiger partial charge in [-0.3, -0.25) is 4.79 Å². The van der Waals surface area contributed by atoms with Crippen molar-refractivity contribution in [1.29, 1.82) is 0 Å². The molecule has 9 heteroatoms. The van der Waals surface area contributed by atoms with Gasteiger partial charge >= 0.3 is 0 Å². The van der Waals surface area contributed by atoms with E-state index in [9.17, 15) is 13.2 Å². The van der Waals surface area contributed by atoms with Gasteiger partial charge < -0.3 is 10.2 Å². The fourth-order valence-corrected chi connectivity index (χ4v) is 5.00. The summed E-state index contributed by atoms with van der Waals surface area (Å²) in [6.07, 6.45) is 3.31. The maximum atomic E-state index is 12.6. The van der Waals surface area contributed by atoms with Crippen molar-refractivity contribution in [3.63, 3.8) is 0 Å². The molecule has 0 aliphatic carbocycles. The zero-order valence-corrected chi connectivity index (χ0v) is 20.3. The van der Waals surface area contributed by atoms with E-state index in [-0.39, 0.29) is 16.7 Å². The van der Waals surface area contributed by atoms with Gasteiger partial charge in [-0.1, -0.05) is 29.8 Å². The Balaban J connectivity index is 1.38. The molecule has 3 aromatic rings. The van der Waals surface area contributed by atoms with E-state index in [0.29, 0.717) is 50.4 Å². The quantitative estimate of drug-likeness (QED) is 0.572. The number of rotatable bonds is 6. The first-order valence-electron chi connectivity index (χ1n) is 11.0. The third-order valence-corrected chi connectivity index (χ3v) is 7.55. The molecule has 1 saturated heterocycles. The number of nitrogens with one attached hydrogen (secondary N) is 1. The van der Waals surface area contributed by atoms with E-state index in [4.69, 9.17) is 11.6 Å². The van der Waals surface area contributed by atoms with Gasteiger partial charge in [0.15, 0.2) is 9.84 Å². The molecule has 1 aromatic heterocycles. The van der Waals surface area contributed by atoms with Crippen LogP contribution in [0.3, 0.4) is 0 Å². The summed E-state index contributed by atoms with van der Waals surface area (Å²) in [5.74, 6) is 0.587. The highest BCUT2D eigenvalue weighted by atomic mass is 35.5. The number of carbonyl (C=O) groups excluding carboxylic acids is 1. The summed E-state index contributed by atoms with van der Waals surface area (Å²) in [4.78, 5) is 24.2. The third-order valence-electron chi connectivity index (χ3n) is 6.08. The van der Waals surface area contributed by atoms with Gasteiger partial charge in [0.2, 0.25) is 11.9 Å². The first-order chi connectivity index (χ1) is 15.7. The highest BCUT2D eigenvalue weighted by molar-refractivity contribution is 7.90. The molecular weight excluding hydrogens is 460 g/mol. The molecule has 1 N–H and O–H groups in total. The summed E-state index contributed by atoms with van der Waals surface area (Å²) in [5.41, 5.74) is 2.44. The van der Waals surface area contributed by atoms with E-state index in [1.807, 2.05) is 31.2 Å². The number of amides is 1. The fraction of sp³-hybridized carbons (Fsp3) is 0.375. The summed E-state index contributed by atoms with van der Waals surface area (Å²) < 4.78 is 23.8. The van der Waals surface area contributed by atoms with Gasteiger partial charge in [0, 0.05) is 42.2 Å². The number of piperidine rings is 1. The SMILES string of the molecule is Cc1nc(N2CCC(C(=O)NCCc3ccccc3Cl)CC2)nc2cc(S(C)(=O)=O)ccc12. The summed E-state index contributed by atoms with van der Waals surface area (Å²) in [5, 5.41) is 4.58. The molecule has 0 spiro atoms. The molecule has 1 aliphatic heterocycles. The predicted octanol–water partition coefficient (Wildman–Crippen LogP) is 3.57. The Morgan fingerprint density at radius 2 is 1.88 bits per heavy atom. The van der Waals surface area contributed by atoms with E-state index in [1.54, 1.807) is 18.2 Å². The van der Waals surface area contributed by atoms with Crippen LogP contribution in [0.5, 0.6) is 0 Å². The highest BCUT2D eigenvalue weighted by Gasteiger charge is 2.26. The maximum absolute atomic E-state index is 12.6. The van der Waals surface area contributed by atoms with Gasteiger partial charge in [-0.25, -0.2) is 18.4 Å². The number of fused-ring (bicyclic) bond motifs is 1. The normalized spacial score (nSPS) is 15.1. The number of aryl methyl sites for hydroxylation is 1. The van der Waals surface area contributed by atoms with Crippen molar-refractivity contribution in [2.24, 2.45) is 5.92 Å².